The Hall–Kier alpha value is -2.14. The minimum atomic E-state index is -0.197. The molecule has 1 heterocycles. The van der Waals surface area contributed by atoms with Crippen LogP contribution in [0.4, 0.5) is 4.39 Å². The molecule has 0 saturated heterocycles. The largest absolute Gasteiger partial charge is 0.301 e. The first-order valence-corrected chi connectivity index (χ1v) is 9.12. The van der Waals surface area contributed by atoms with Crippen LogP contribution in [-0.4, -0.2) is 14.8 Å². The third kappa shape index (κ3) is 3.51. The summed E-state index contributed by atoms with van der Waals surface area (Å²) in [6.45, 7) is 0.783. The fraction of sp³-hybridized carbons (Fsp3) is 0.263. The molecular formula is C19H18FN3S. The van der Waals surface area contributed by atoms with E-state index in [9.17, 15) is 4.39 Å². The van der Waals surface area contributed by atoms with Crippen LogP contribution in [0.3, 0.4) is 0 Å². The fourth-order valence-corrected chi connectivity index (χ4v) is 3.63. The number of hydrogen-bond acceptors (Lipinski definition) is 3. The molecule has 0 atom stereocenters. The summed E-state index contributed by atoms with van der Waals surface area (Å²) >= 11 is 1.62. The molecule has 0 aliphatic heterocycles. The molecule has 0 amide bonds. The summed E-state index contributed by atoms with van der Waals surface area (Å²) in [6.07, 6.45) is 2.39. The van der Waals surface area contributed by atoms with Gasteiger partial charge >= 0.3 is 0 Å². The minimum Gasteiger partial charge on any atom is -0.301 e. The Morgan fingerprint density at radius 2 is 1.79 bits per heavy atom. The smallest absolute Gasteiger partial charge is 0.191 e. The minimum absolute atomic E-state index is 0.197. The van der Waals surface area contributed by atoms with Gasteiger partial charge < -0.3 is 4.57 Å². The molecule has 1 saturated carbocycles. The van der Waals surface area contributed by atoms with Crippen LogP contribution in [0.2, 0.25) is 0 Å². The van der Waals surface area contributed by atoms with E-state index in [4.69, 9.17) is 0 Å². The number of aromatic nitrogens is 3. The SMILES string of the molecule is Fc1cccc(CSc2nnc(C3CC3)n2Cc2ccccc2)c1. The van der Waals surface area contributed by atoms with Crippen molar-refractivity contribution >= 4 is 11.8 Å². The summed E-state index contributed by atoms with van der Waals surface area (Å²) in [5.74, 6) is 2.12. The van der Waals surface area contributed by atoms with Gasteiger partial charge in [0.05, 0.1) is 6.54 Å². The second kappa shape index (κ2) is 6.77. The maximum absolute atomic E-state index is 13.3. The molecule has 1 aromatic heterocycles. The molecule has 1 fully saturated rings. The van der Waals surface area contributed by atoms with Crippen molar-refractivity contribution in [1.29, 1.82) is 0 Å². The van der Waals surface area contributed by atoms with Gasteiger partial charge in [-0.15, -0.1) is 10.2 Å². The van der Waals surface area contributed by atoms with Crippen LogP contribution in [0.25, 0.3) is 0 Å². The molecule has 2 aromatic carbocycles. The number of benzene rings is 2. The molecule has 0 spiro atoms. The quantitative estimate of drug-likeness (QED) is 0.613. The molecule has 1 aliphatic rings. The van der Waals surface area contributed by atoms with Gasteiger partial charge in [0.25, 0.3) is 0 Å². The summed E-state index contributed by atoms with van der Waals surface area (Å²) in [7, 11) is 0. The van der Waals surface area contributed by atoms with E-state index in [2.05, 4.69) is 39.0 Å². The van der Waals surface area contributed by atoms with Gasteiger partial charge in [0, 0.05) is 11.7 Å². The summed E-state index contributed by atoms with van der Waals surface area (Å²) in [6, 6.07) is 17.1. The number of nitrogens with zero attached hydrogens (tertiary/aromatic N) is 3. The third-order valence-electron chi connectivity index (χ3n) is 4.13. The molecule has 0 bridgehead atoms. The van der Waals surface area contributed by atoms with Crippen LogP contribution >= 0.6 is 11.8 Å². The number of rotatable bonds is 6. The molecule has 3 nitrogen and oxygen atoms in total. The Morgan fingerprint density at radius 3 is 2.54 bits per heavy atom. The topological polar surface area (TPSA) is 30.7 Å². The van der Waals surface area contributed by atoms with Crippen LogP contribution in [0.15, 0.2) is 59.8 Å². The highest BCUT2D eigenvalue weighted by Gasteiger charge is 2.30. The van der Waals surface area contributed by atoms with Crippen LogP contribution < -0.4 is 0 Å². The van der Waals surface area contributed by atoms with Gasteiger partial charge in [-0.1, -0.05) is 54.2 Å². The molecule has 122 valence electrons. The molecule has 0 radical (unpaired) electrons. The average molecular weight is 339 g/mol. The zero-order valence-electron chi connectivity index (χ0n) is 13.2. The second-order valence-electron chi connectivity index (χ2n) is 6.11. The maximum atomic E-state index is 13.3. The Balaban J connectivity index is 1.56. The Labute approximate surface area is 144 Å². The maximum Gasteiger partial charge on any atom is 0.191 e. The first kappa shape index (κ1) is 15.4. The van der Waals surface area contributed by atoms with Crippen molar-refractivity contribution in [3.8, 4) is 0 Å². The lowest BCUT2D eigenvalue weighted by atomic mass is 10.2. The predicted molar refractivity (Wildman–Crippen MR) is 93.5 cm³/mol. The molecule has 0 unspecified atom stereocenters. The predicted octanol–water partition coefficient (Wildman–Crippen LogP) is 4.64. The van der Waals surface area contributed by atoms with Crippen molar-refractivity contribution in [1.82, 2.24) is 14.8 Å². The Kier molecular flexibility index (Phi) is 4.34. The molecule has 5 heteroatoms. The first-order valence-electron chi connectivity index (χ1n) is 8.14. The van der Waals surface area contributed by atoms with E-state index < -0.39 is 0 Å². The summed E-state index contributed by atoms with van der Waals surface area (Å²) < 4.78 is 15.6. The van der Waals surface area contributed by atoms with E-state index in [1.165, 1.54) is 24.5 Å². The van der Waals surface area contributed by atoms with Crippen molar-refractivity contribution in [2.24, 2.45) is 0 Å². The molecular weight excluding hydrogens is 321 g/mol. The van der Waals surface area contributed by atoms with Crippen molar-refractivity contribution in [3.05, 3.63) is 77.4 Å². The van der Waals surface area contributed by atoms with Gasteiger partial charge in [-0.3, -0.25) is 0 Å². The normalized spacial score (nSPS) is 14.0. The standard InChI is InChI=1S/C19H18FN3S/c20-17-8-4-7-15(11-17)13-24-19-22-21-18(16-9-10-16)23(19)12-14-5-2-1-3-6-14/h1-8,11,16H,9-10,12-13H2. The van der Waals surface area contributed by atoms with E-state index >= 15 is 0 Å². The van der Waals surface area contributed by atoms with E-state index in [1.807, 2.05) is 12.1 Å². The molecule has 24 heavy (non-hydrogen) atoms. The van der Waals surface area contributed by atoms with Gasteiger partial charge in [0.2, 0.25) is 0 Å². The van der Waals surface area contributed by atoms with Crippen molar-refractivity contribution < 1.29 is 4.39 Å². The number of thioether (sulfide) groups is 1. The first-order chi connectivity index (χ1) is 11.8. The van der Waals surface area contributed by atoms with Gasteiger partial charge in [0.1, 0.15) is 11.6 Å². The van der Waals surface area contributed by atoms with Crippen molar-refractivity contribution in [2.45, 2.75) is 36.2 Å². The zero-order chi connectivity index (χ0) is 16.4. The van der Waals surface area contributed by atoms with E-state index in [0.29, 0.717) is 11.7 Å². The summed E-state index contributed by atoms with van der Waals surface area (Å²) in [5.41, 5.74) is 2.20. The monoisotopic (exact) mass is 339 g/mol. The van der Waals surface area contributed by atoms with Crippen LogP contribution in [0.5, 0.6) is 0 Å². The van der Waals surface area contributed by atoms with Gasteiger partial charge in [-0.05, 0) is 36.1 Å². The van der Waals surface area contributed by atoms with Crippen LogP contribution in [0.1, 0.15) is 35.7 Å². The van der Waals surface area contributed by atoms with E-state index in [-0.39, 0.29) is 5.82 Å². The lowest BCUT2D eigenvalue weighted by molar-refractivity contribution is 0.626. The molecule has 3 aromatic rings. The van der Waals surface area contributed by atoms with Gasteiger partial charge in [-0.25, -0.2) is 4.39 Å². The van der Waals surface area contributed by atoms with Gasteiger partial charge in [-0.2, -0.15) is 0 Å². The van der Waals surface area contributed by atoms with Gasteiger partial charge in [0.15, 0.2) is 5.16 Å². The Morgan fingerprint density at radius 1 is 1.00 bits per heavy atom. The highest BCUT2D eigenvalue weighted by Crippen LogP contribution is 2.40. The van der Waals surface area contributed by atoms with Crippen molar-refractivity contribution in [2.75, 3.05) is 0 Å². The number of hydrogen-bond donors (Lipinski definition) is 0. The highest BCUT2D eigenvalue weighted by atomic mass is 32.2. The highest BCUT2D eigenvalue weighted by molar-refractivity contribution is 7.98. The lowest BCUT2D eigenvalue weighted by Crippen LogP contribution is -2.06. The third-order valence-corrected chi connectivity index (χ3v) is 5.17. The number of halogens is 1. The summed E-state index contributed by atoms with van der Waals surface area (Å²) in [5, 5.41) is 9.72. The molecule has 1 aliphatic carbocycles. The van der Waals surface area contributed by atoms with Crippen LogP contribution in [0, 0.1) is 5.82 Å². The van der Waals surface area contributed by atoms with Crippen LogP contribution in [-0.2, 0) is 12.3 Å². The average Bonchev–Trinajstić information content (AvgIpc) is 3.37. The lowest BCUT2D eigenvalue weighted by Gasteiger charge is -2.10. The zero-order valence-corrected chi connectivity index (χ0v) is 14.0. The summed E-state index contributed by atoms with van der Waals surface area (Å²) in [4.78, 5) is 0. The molecule has 0 N–H and O–H groups in total. The molecule has 4 rings (SSSR count). The fourth-order valence-electron chi connectivity index (χ4n) is 2.74. The second-order valence-corrected chi connectivity index (χ2v) is 7.05. The van der Waals surface area contributed by atoms with E-state index in [1.54, 1.807) is 23.9 Å². The van der Waals surface area contributed by atoms with Crippen molar-refractivity contribution in [3.63, 3.8) is 0 Å². The van der Waals surface area contributed by atoms with E-state index in [0.717, 1.165) is 23.1 Å². The Bertz CT molecular complexity index is 828.